The molecule has 1 heterocycles. The minimum atomic E-state index is -0.633. The topological polar surface area (TPSA) is 92.3 Å². The molecule has 2 aromatic rings. The van der Waals surface area contributed by atoms with E-state index in [1.807, 2.05) is 58.0 Å². The number of carbonyl (C=O) groups is 2. The first kappa shape index (κ1) is 30.5. The number of carbonyl (C=O) groups excluding carboxylic acids is 2. The van der Waals surface area contributed by atoms with Crippen LogP contribution < -0.4 is 24.3 Å². The number of dihydropyridines is 1. The third-order valence-electron chi connectivity index (χ3n) is 7.34. The molecule has 0 radical (unpaired) electrons. The Hall–Kier alpha value is -3.46. The van der Waals surface area contributed by atoms with E-state index in [0.717, 1.165) is 16.8 Å². The van der Waals surface area contributed by atoms with Crippen molar-refractivity contribution in [2.75, 3.05) is 34.5 Å². The number of methoxy groups -OCH3 is 3. The number of halogens is 1. The molecule has 4 rings (SSSR count). The third-order valence-corrected chi connectivity index (χ3v) is 7.93. The zero-order chi connectivity index (χ0) is 29.8. The van der Waals surface area contributed by atoms with Gasteiger partial charge in [0.25, 0.3) is 0 Å². The number of hydrogen-bond donors (Lipinski definition) is 1. The molecule has 8 nitrogen and oxygen atoms in total. The van der Waals surface area contributed by atoms with Gasteiger partial charge in [0.2, 0.25) is 0 Å². The fourth-order valence-electron chi connectivity index (χ4n) is 5.52. The fraction of sp³-hybridized carbons (Fsp3) is 0.438. The van der Waals surface area contributed by atoms with Gasteiger partial charge in [-0.05, 0) is 83.4 Å². The molecule has 0 amide bonds. The molecule has 0 saturated heterocycles. The van der Waals surface area contributed by atoms with Crippen molar-refractivity contribution in [3.8, 4) is 23.0 Å². The highest BCUT2D eigenvalue weighted by Crippen LogP contribution is 2.49. The summed E-state index contributed by atoms with van der Waals surface area (Å²) in [5.41, 5.74) is 4.17. The fourth-order valence-corrected chi connectivity index (χ4v) is 6.14. The Morgan fingerprint density at radius 3 is 2.34 bits per heavy atom. The van der Waals surface area contributed by atoms with E-state index in [1.165, 1.54) is 0 Å². The molecular weight excluding hydrogens is 590 g/mol. The van der Waals surface area contributed by atoms with E-state index in [2.05, 4.69) is 21.2 Å². The lowest BCUT2D eigenvalue weighted by molar-refractivity contribution is -0.140. The van der Waals surface area contributed by atoms with E-state index in [9.17, 15) is 9.59 Å². The molecule has 2 aromatic carbocycles. The number of esters is 1. The van der Waals surface area contributed by atoms with Crippen LogP contribution >= 0.6 is 15.9 Å². The second-order valence-electron chi connectivity index (χ2n) is 10.6. The first-order chi connectivity index (χ1) is 19.6. The maximum Gasteiger partial charge on any atom is 0.336 e. The number of hydrogen-bond acceptors (Lipinski definition) is 8. The highest BCUT2D eigenvalue weighted by atomic mass is 79.9. The summed E-state index contributed by atoms with van der Waals surface area (Å²) in [5.74, 6) is 1.31. The predicted molar refractivity (Wildman–Crippen MR) is 160 cm³/mol. The molecule has 0 aromatic heterocycles. The maximum atomic E-state index is 14.0. The maximum absolute atomic E-state index is 14.0. The van der Waals surface area contributed by atoms with Gasteiger partial charge in [0.1, 0.15) is 0 Å². The molecule has 2 atom stereocenters. The summed E-state index contributed by atoms with van der Waals surface area (Å²) < 4.78 is 28.7. The normalized spacial score (nSPS) is 18.6. The van der Waals surface area contributed by atoms with Crippen molar-refractivity contribution in [1.29, 1.82) is 0 Å². The Labute approximate surface area is 250 Å². The summed E-state index contributed by atoms with van der Waals surface area (Å²) in [6.07, 6.45) is 0.879. The number of benzene rings is 2. The number of ketones is 1. The summed E-state index contributed by atoms with van der Waals surface area (Å²) in [4.78, 5) is 27.6. The molecule has 41 heavy (non-hydrogen) atoms. The molecule has 0 bridgehead atoms. The Morgan fingerprint density at radius 2 is 1.71 bits per heavy atom. The first-order valence-corrected chi connectivity index (χ1v) is 14.6. The summed E-state index contributed by atoms with van der Waals surface area (Å²) in [7, 11) is 4.77. The van der Waals surface area contributed by atoms with E-state index in [0.29, 0.717) is 57.3 Å². The van der Waals surface area contributed by atoms with Crippen LogP contribution in [0.4, 0.5) is 0 Å². The molecule has 0 unspecified atom stereocenters. The van der Waals surface area contributed by atoms with Gasteiger partial charge in [0.15, 0.2) is 28.8 Å². The quantitative estimate of drug-likeness (QED) is 0.301. The minimum Gasteiger partial charge on any atom is -0.493 e. The summed E-state index contributed by atoms with van der Waals surface area (Å²) in [5, 5.41) is 3.41. The van der Waals surface area contributed by atoms with Crippen LogP contribution in [0.2, 0.25) is 0 Å². The van der Waals surface area contributed by atoms with Gasteiger partial charge in [-0.1, -0.05) is 19.9 Å². The zero-order valence-corrected chi connectivity index (χ0v) is 26.3. The molecule has 1 N–H and O–H groups in total. The number of Topliss-reactive ketones (excluding diaryl/α,β-unsaturated/α-hetero) is 1. The van der Waals surface area contributed by atoms with Crippen molar-refractivity contribution < 1.29 is 33.3 Å². The SMILES string of the molecule is CCOc1cc([C@@H]2C(C(=O)OCC(C)C)=C(C)NC3=C2C(=O)C[C@H](c2ccc(OC)c(OC)c2)C3)cc(Br)c1OC. The number of nitrogens with one attached hydrogen (secondary N) is 1. The van der Waals surface area contributed by atoms with Crippen LogP contribution in [0, 0.1) is 5.92 Å². The lowest BCUT2D eigenvalue weighted by Gasteiger charge is -2.37. The standard InChI is InChI=1S/C32H38BrNO7/c1-8-40-27-15-21(11-22(33)31(27)39-7)29-28(32(36)41-16-17(2)3)18(4)34-23-12-20(13-24(35)30(23)29)19-9-10-25(37-5)26(14-19)38-6/h9-11,14-15,17,20,29,34H,8,12-13,16H2,1-7H3/t20-,29-/m1/s1. The molecule has 1 aliphatic carbocycles. The zero-order valence-electron chi connectivity index (χ0n) is 24.7. The van der Waals surface area contributed by atoms with E-state index in [1.54, 1.807) is 21.3 Å². The number of ether oxygens (including phenoxy) is 5. The third kappa shape index (κ3) is 6.25. The van der Waals surface area contributed by atoms with Crippen molar-refractivity contribution in [3.63, 3.8) is 0 Å². The van der Waals surface area contributed by atoms with Crippen LogP contribution in [-0.4, -0.2) is 46.3 Å². The van der Waals surface area contributed by atoms with E-state index < -0.39 is 11.9 Å². The van der Waals surface area contributed by atoms with Gasteiger partial charge in [-0.25, -0.2) is 4.79 Å². The lowest BCUT2D eigenvalue weighted by atomic mass is 9.71. The van der Waals surface area contributed by atoms with Crippen molar-refractivity contribution >= 4 is 27.7 Å². The van der Waals surface area contributed by atoms with Crippen LogP contribution in [0.3, 0.4) is 0 Å². The molecule has 220 valence electrons. The number of allylic oxidation sites excluding steroid dienone is 3. The second kappa shape index (κ2) is 13.0. The molecule has 0 spiro atoms. The predicted octanol–water partition coefficient (Wildman–Crippen LogP) is 6.43. The Kier molecular flexibility index (Phi) is 9.68. The number of rotatable bonds is 10. The summed E-state index contributed by atoms with van der Waals surface area (Å²) in [6, 6.07) is 9.49. The average molecular weight is 629 g/mol. The lowest BCUT2D eigenvalue weighted by Crippen LogP contribution is -2.36. The van der Waals surface area contributed by atoms with Gasteiger partial charge >= 0.3 is 5.97 Å². The smallest absolute Gasteiger partial charge is 0.336 e. The molecule has 0 saturated carbocycles. The molecule has 0 fully saturated rings. The van der Waals surface area contributed by atoms with Crippen LogP contribution in [0.1, 0.15) is 63.5 Å². The van der Waals surface area contributed by atoms with Crippen LogP contribution in [0.15, 0.2) is 57.3 Å². The van der Waals surface area contributed by atoms with E-state index in [4.69, 9.17) is 23.7 Å². The Bertz CT molecular complexity index is 1390. The highest BCUT2D eigenvalue weighted by Gasteiger charge is 2.42. The highest BCUT2D eigenvalue weighted by molar-refractivity contribution is 9.10. The van der Waals surface area contributed by atoms with Gasteiger partial charge in [-0.2, -0.15) is 0 Å². The summed E-state index contributed by atoms with van der Waals surface area (Å²) >= 11 is 3.61. The summed E-state index contributed by atoms with van der Waals surface area (Å²) in [6.45, 7) is 8.42. The molecular formula is C32H38BrNO7. The molecule has 1 aliphatic heterocycles. The van der Waals surface area contributed by atoms with Crippen LogP contribution in [0.5, 0.6) is 23.0 Å². The second-order valence-corrected chi connectivity index (χ2v) is 11.4. The van der Waals surface area contributed by atoms with Gasteiger partial charge in [-0.3, -0.25) is 4.79 Å². The van der Waals surface area contributed by atoms with Crippen molar-refractivity contribution in [2.45, 2.75) is 52.4 Å². The average Bonchev–Trinajstić information content (AvgIpc) is 2.94. The Balaban J connectivity index is 1.83. The largest absolute Gasteiger partial charge is 0.493 e. The van der Waals surface area contributed by atoms with Crippen LogP contribution in [-0.2, 0) is 14.3 Å². The molecule has 9 heteroatoms. The minimum absolute atomic E-state index is 0.0323. The van der Waals surface area contributed by atoms with E-state index >= 15 is 0 Å². The van der Waals surface area contributed by atoms with Crippen molar-refractivity contribution in [2.24, 2.45) is 5.92 Å². The van der Waals surface area contributed by atoms with Gasteiger partial charge in [0, 0.05) is 29.3 Å². The van der Waals surface area contributed by atoms with Crippen molar-refractivity contribution in [3.05, 3.63) is 68.5 Å². The molecule has 2 aliphatic rings. The first-order valence-electron chi connectivity index (χ1n) is 13.8. The Morgan fingerprint density at radius 1 is 1.00 bits per heavy atom. The van der Waals surface area contributed by atoms with Gasteiger partial charge in [0.05, 0.1) is 44.6 Å². The van der Waals surface area contributed by atoms with Gasteiger partial charge in [-0.15, -0.1) is 0 Å². The van der Waals surface area contributed by atoms with Crippen molar-refractivity contribution in [1.82, 2.24) is 5.32 Å². The monoisotopic (exact) mass is 627 g/mol. The van der Waals surface area contributed by atoms with Crippen LogP contribution in [0.25, 0.3) is 0 Å². The van der Waals surface area contributed by atoms with E-state index in [-0.39, 0.29) is 30.6 Å². The van der Waals surface area contributed by atoms with Gasteiger partial charge < -0.3 is 29.0 Å².